The summed E-state index contributed by atoms with van der Waals surface area (Å²) in [6.07, 6.45) is -0.490. The fourth-order valence-corrected chi connectivity index (χ4v) is 6.67. The summed E-state index contributed by atoms with van der Waals surface area (Å²) >= 11 is 0. The second-order valence-electron chi connectivity index (χ2n) is 14.9. The van der Waals surface area contributed by atoms with Crippen molar-refractivity contribution in [3.05, 3.63) is 47.5 Å². The molecule has 274 valence electrons. The number of benzene rings is 1. The number of nitrogens with zero attached hydrogens (tertiary/aromatic N) is 4. The number of rotatable bonds is 10. The first-order chi connectivity index (χ1) is 23.4. The van der Waals surface area contributed by atoms with Crippen molar-refractivity contribution in [2.24, 2.45) is 17.8 Å². The third kappa shape index (κ3) is 8.58. The van der Waals surface area contributed by atoms with Gasteiger partial charge >= 0.3 is 12.3 Å². The highest BCUT2D eigenvalue weighted by atomic mass is 19.4. The first-order valence-corrected chi connectivity index (χ1v) is 17.2. The van der Waals surface area contributed by atoms with E-state index in [0.717, 1.165) is 36.6 Å². The minimum Gasteiger partial charge on any atom is -0.444 e. The van der Waals surface area contributed by atoms with Crippen LogP contribution in [0.4, 0.5) is 28.0 Å². The predicted octanol–water partition coefficient (Wildman–Crippen LogP) is 5.89. The lowest BCUT2D eigenvalue weighted by molar-refractivity contribution is -0.200. The number of hydrogen-bond donors (Lipinski definition) is 2. The predicted molar refractivity (Wildman–Crippen MR) is 176 cm³/mol. The third-order valence-electron chi connectivity index (χ3n) is 9.49. The summed E-state index contributed by atoms with van der Waals surface area (Å²) in [5.74, 6) is -3.56. The minimum absolute atomic E-state index is 0.0937. The van der Waals surface area contributed by atoms with E-state index in [9.17, 15) is 32.3 Å². The molecule has 5 rings (SSSR count). The fraction of sp³-hybridized carbons (Fsp3) is 0.629. The Morgan fingerprint density at radius 1 is 0.960 bits per heavy atom. The van der Waals surface area contributed by atoms with E-state index in [1.54, 1.807) is 31.5 Å². The van der Waals surface area contributed by atoms with Gasteiger partial charge in [-0.25, -0.2) is 9.18 Å². The number of ether oxygens (including phenoxy) is 1. The maximum atomic E-state index is 15.6. The summed E-state index contributed by atoms with van der Waals surface area (Å²) in [5, 5.41) is 9.74. The van der Waals surface area contributed by atoms with Crippen LogP contribution in [0.2, 0.25) is 0 Å². The van der Waals surface area contributed by atoms with Crippen LogP contribution in [-0.2, 0) is 14.3 Å². The Kier molecular flexibility index (Phi) is 10.5. The zero-order chi connectivity index (χ0) is 36.7. The number of amides is 4. The van der Waals surface area contributed by atoms with Gasteiger partial charge in [-0.3, -0.25) is 19.1 Å². The van der Waals surface area contributed by atoms with Crippen LogP contribution >= 0.6 is 0 Å². The van der Waals surface area contributed by atoms with Crippen molar-refractivity contribution < 1.29 is 41.5 Å². The van der Waals surface area contributed by atoms with E-state index >= 15 is 4.39 Å². The molecular weight excluding hydrogens is 660 g/mol. The number of anilines is 1. The lowest BCUT2D eigenvalue weighted by atomic mass is 9.88. The monoisotopic (exact) mass is 706 g/mol. The van der Waals surface area contributed by atoms with Gasteiger partial charge in [-0.15, -0.1) is 0 Å². The lowest BCUT2D eigenvalue weighted by Crippen LogP contribution is -2.62. The maximum absolute atomic E-state index is 15.6. The van der Waals surface area contributed by atoms with Crippen LogP contribution in [0.25, 0.3) is 0 Å². The van der Waals surface area contributed by atoms with Crippen LogP contribution in [0.3, 0.4) is 0 Å². The molecule has 11 nitrogen and oxygen atoms in total. The summed E-state index contributed by atoms with van der Waals surface area (Å²) < 4.78 is 64.9. The quantitative estimate of drug-likeness (QED) is 0.297. The first-order valence-electron chi connectivity index (χ1n) is 17.2. The minimum atomic E-state index is -4.84. The van der Waals surface area contributed by atoms with E-state index in [1.165, 1.54) is 25.3 Å². The van der Waals surface area contributed by atoms with Gasteiger partial charge in [0.15, 0.2) is 0 Å². The van der Waals surface area contributed by atoms with E-state index in [2.05, 4.69) is 15.7 Å². The molecule has 0 spiro atoms. The summed E-state index contributed by atoms with van der Waals surface area (Å²) in [4.78, 5) is 54.8. The van der Waals surface area contributed by atoms with Crippen molar-refractivity contribution in [1.29, 1.82) is 0 Å². The molecule has 1 saturated heterocycles. The zero-order valence-electron chi connectivity index (χ0n) is 29.2. The molecule has 1 unspecified atom stereocenters. The van der Waals surface area contributed by atoms with Gasteiger partial charge in [-0.1, -0.05) is 6.07 Å². The molecule has 15 heteroatoms. The van der Waals surface area contributed by atoms with Crippen LogP contribution in [0, 0.1) is 23.6 Å². The Balaban J connectivity index is 1.30. The largest absolute Gasteiger partial charge is 0.444 e. The molecule has 1 aliphatic heterocycles. The number of halogens is 4. The number of piperazine rings is 1. The molecule has 4 amide bonds. The van der Waals surface area contributed by atoms with Gasteiger partial charge in [0.1, 0.15) is 29.2 Å². The number of carbonyl (C=O) groups excluding carboxylic acids is 4. The molecule has 3 aliphatic rings. The summed E-state index contributed by atoms with van der Waals surface area (Å²) in [5.41, 5.74) is -0.683. The molecule has 2 aliphatic carbocycles. The SMILES string of the molecule is CC(C)n1nccc1C(=O)N[C@H](C(=O)Nc1ccc([C@H](C)C(=O)N2CCN(C(=O)OC(C)(C)C)CC2C(F)(F)F)cc1F)C(C1CC1)C1CC1. The van der Waals surface area contributed by atoms with Crippen LogP contribution in [0.5, 0.6) is 0 Å². The van der Waals surface area contributed by atoms with Crippen molar-refractivity contribution in [2.45, 2.75) is 103 Å². The highest BCUT2D eigenvalue weighted by Gasteiger charge is 2.51. The average molecular weight is 707 g/mol. The van der Waals surface area contributed by atoms with Crippen molar-refractivity contribution in [3.63, 3.8) is 0 Å². The van der Waals surface area contributed by atoms with Gasteiger partial charge < -0.3 is 25.2 Å². The van der Waals surface area contributed by atoms with E-state index in [-0.39, 0.29) is 41.6 Å². The van der Waals surface area contributed by atoms with Crippen LogP contribution in [0.15, 0.2) is 30.5 Å². The van der Waals surface area contributed by atoms with Gasteiger partial charge in [0.25, 0.3) is 5.91 Å². The maximum Gasteiger partial charge on any atom is 0.410 e. The van der Waals surface area contributed by atoms with E-state index in [0.29, 0.717) is 10.6 Å². The second kappa shape index (κ2) is 14.2. The number of hydrogen-bond acceptors (Lipinski definition) is 6. The molecule has 2 aromatic rings. The Hall–Kier alpha value is -4.17. The molecule has 2 N–H and O–H groups in total. The highest BCUT2D eigenvalue weighted by molar-refractivity contribution is 6.01. The summed E-state index contributed by atoms with van der Waals surface area (Å²) in [7, 11) is 0. The van der Waals surface area contributed by atoms with Crippen LogP contribution in [0.1, 0.15) is 95.2 Å². The Morgan fingerprint density at radius 3 is 2.14 bits per heavy atom. The molecule has 1 aromatic heterocycles. The van der Waals surface area contributed by atoms with E-state index in [1.807, 2.05) is 13.8 Å². The molecule has 50 heavy (non-hydrogen) atoms. The summed E-state index contributed by atoms with van der Waals surface area (Å²) in [6, 6.07) is 1.94. The first kappa shape index (κ1) is 37.1. The normalized spacial score (nSPS) is 19.7. The Bertz CT molecular complexity index is 1580. The lowest BCUT2D eigenvalue weighted by Gasteiger charge is -2.43. The summed E-state index contributed by atoms with van der Waals surface area (Å²) in [6.45, 7) is 8.60. The molecular formula is C35H46F4N6O5. The topological polar surface area (TPSA) is 126 Å². The molecule has 0 radical (unpaired) electrons. The van der Waals surface area contributed by atoms with E-state index in [4.69, 9.17) is 4.74 Å². The smallest absolute Gasteiger partial charge is 0.410 e. The fourth-order valence-electron chi connectivity index (χ4n) is 6.67. The molecule has 3 fully saturated rings. The zero-order valence-corrected chi connectivity index (χ0v) is 29.2. The Morgan fingerprint density at radius 2 is 1.60 bits per heavy atom. The van der Waals surface area contributed by atoms with Crippen LogP contribution < -0.4 is 10.6 Å². The molecule has 2 heterocycles. The van der Waals surface area contributed by atoms with E-state index < -0.39 is 72.5 Å². The molecule has 1 aromatic carbocycles. The second-order valence-corrected chi connectivity index (χ2v) is 14.9. The molecule has 0 bridgehead atoms. The van der Waals surface area contributed by atoms with Crippen LogP contribution in [-0.4, -0.2) is 86.9 Å². The molecule has 3 atom stereocenters. The number of aromatic nitrogens is 2. The number of nitrogens with one attached hydrogen (secondary N) is 2. The number of alkyl halides is 3. The van der Waals surface area contributed by atoms with Crippen molar-refractivity contribution in [1.82, 2.24) is 24.9 Å². The standard InChI is InChI=1S/C35H46F4N6O5/c1-19(2)45-26(13-14-40-45)30(46)42-29(28(21-7-8-21)22-9-10-22)31(47)41-25-12-11-23(17-24(25)36)20(3)32(48)44-16-15-43(18-27(44)35(37,38)39)33(49)50-34(4,5)6/h11-14,17,19-22,27-29H,7-10,15-16,18H2,1-6H3,(H,41,47)(H,42,46)/t20-,27?,29-/m0/s1. The highest BCUT2D eigenvalue weighted by Crippen LogP contribution is 2.51. The van der Waals surface area contributed by atoms with Gasteiger partial charge in [0.05, 0.1) is 18.2 Å². The number of carbonyl (C=O) groups is 4. The van der Waals surface area contributed by atoms with Gasteiger partial charge in [-0.05, 0) is 109 Å². The van der Waals surface area contributed by atoms with Gasteiger partial charge in [-0.2, -0.15) is 18.3 Å². The van der Waals surface area contributed by atoms with Crippen molar-refractivity contribution in [3.8, 4) is 0 Å². The average Bonchev–Trinajstić information content (AvgIpc) is 3.98. The van der Waals surface area contributed by atoms with Crippen molar-refractivity contribution >= 4 is 29.5 Å². The van der Waals surface area contributed by atoms with Crippen molar-refractivity contribution in [2.75, 3.05) is 25.0 Å². The van der Waals surface area contributed by atoms with Gasteiger partial charge in [0, 0.05) is 25.3 Å². The third-order valence-corrected chi connectivity index (χ3v) is 9.49. The van der Waals surface area contributed by atoms with Gasteiger partial charge in [0.2, 0.25) is 11.8 Å². The Labute approximate surface area is 289 Å². The molecule has 2 saturated carbocycles.